The Balaban J connectivity index is 2.28. The SMILES string of the molecule is C=C(C)C(=O)OC(F)C1CO1. The maximum Gasteiger partial charge on any atom is 0.335 e. The Kier molecular flexibility index (Phi) is 2.24. The summed E-state index contributed by atoms with van der Waals surface area (Å²) in [4.78, 5) is 10.7. The highest BCUT2D eigenvalue weighted by Crippen LogP contribution is 2.18. The first-order chi connectivity index (χ1) is 5.11. The van der Waals surface area contributed by atoms with Crippen molar-refractivity contribution in [3.8, 4) is 0 Å². The molecule has 1 aliphatic rings. The van der Waals surface area contributed by atoms with Crippen molar-refractivity contribution < 1.29 is 18.7 Å². The lowest BCUT2D eigenvalue weighted by Crippen LogP contribution is -2.19. The van der Waals surface area contributed by atoms with E-state index in [2.05, 4.69) is 16.1 Å². The van der Waals surface area contributed by atoms with Gasteiger partial charge in [-0.25, -0.2) is 4.79 Å². The van der Waals surface area contributed by atoms with Crippen LogP contribution in [0.15, 0.2) is 12.2 Å². The number of halogens is 1. The molecule has 0 aromatic heterocycles. The third-order valence-electron chi connectivity index (χ3n) is 1.22. The van der Waals surface area contributed by atoms with Crippen LogP contribution in [-0.4, -0.2) is 25.0 Å². The van der Waals surface area contributed by atoms with Gasteiger partial charge in [-0.15, -0.1) is 0 Å². The van der Waals surface area contributed by atoms with Crippen LogP contribution in [0.5, 0.6) is 0 Å². The predicted octanol–water partition coefficient (Wildman–Crippen LogP) is 0.800. The zero-order chi connectivity index (χ0) is 8.43. The van der Waals surface area contributed by atoms with Gasteiger partial charge in [0.15, 0.2) is 0 Å². The van der Waals surface area contributed by atoms with E-state index >= 15 is 0 Å². The summed E-state index contributed by atoms with van der Waals surface area (Å²) in [6.45, 7) is 5.09. The van der Waals surface area contributed by atoms with Crippen LogP contribution < -0.4 is 0 Å². The molecule has 1 rings (SSSR count). The van der Waals surface area contributed by atoms with Gasteiger partial charge in [-0.05, 0) is 6.92 Å². The topological polar surface area (TPSA) is 38.8 Å². The molecule has 0 radical (unpaired) electrons. The first kappa shape index (κ1) is 8.20. The first-order valence-electron chi connectivity index (χ1n) is 3.23. The summed E-state index contributed by atoms with van der Waals surface area (Å²) in [5, 5.41) is 0. The van der Waals surface area contributed by atoms with Gasteiger partial charge in [0.05, 0.1) is 6.61 Å². The van der Waals surface area contributed by atoms with Crippen LogP contribution in [0, 0.1) is 0 Å². The largest absolute Gasteiger partial charge is 0.425 e. The fourth-order valence-corrected chi connectivity index (χ4v) is 0.486. The number of esters is 1. The Hall–Kier alpha value is -0.900. The number of hydrogen-bond donors (Lipinski definition) is 0. The first-order valence-corrected chi connectivity index (χ1v) is 3.23. The molecule has 0 aromatic rings. The van der Waals surface area contributed by atoms with Gasteiger partial charge in [-0.3, -0.25) is 0 Å². The minimum atomic E-state index is -1.64. The molecule has 1 saturated heterocycles. The van der Waals surface area contributed by atoms with Crippen LogP contribution in [0.3, 0.4) is 0 Å². The van der Waals surface area contributed by atoms with Crippen molar-refractivity contribution in [1.29, 1.82) is 0 Å². The Morgan fingerprint density at radius 3 is 2.82 bits per heavy atom. The second kappa shape index (κ2) is 3.00. The van der Waals surface area contributed by atoms with Gasteiger partial charge in [-0.2, -0.15) is 4.39 Å². The van der Waals surface area contributed by atoms with Crippen LogP contribution >= 0.6 is 0 Å². The van der Waals surface area contributed by atoms with E-state index in [9.17, 15) is 9.18 Å². The zero-order valence-corrected chi connectivity index (χ0v) is 6.17. The highest BCUT2D eigenvalue weighted by Gasteiger charge is 2.35. The molecule has 0 bridgehead atoms. The molecule has 2 unspecified atom stereocenters. The van der Waals surface area contributed by atoms with E-state index in [-0.39, 0.29) is 5.57 Å². The van der Waals surface area contributed by atoms with Gasteiger partial charge < -0.3 is 9.47 Å². The smallest absolute Gasteiger partial charge is 0.335 e. The highest BCUT2D eigenvalue weighted by atomic mass is 19.1. The van der Waals surface area contributed by atoms with Gasteiger partial charge in [0, 0.05) is 5.57 Å². The highest BCUT2D eigenvalue weighted by molar-refractivity contribution is 5.87. The number of epoxide rings is 1. The number of rotatable bonds is 3. The summed E-state index contributed by atoms with van der Waals surface area (Å²) in [5.41, 5.74) is 0.188. The second-order valence-electron chi connectivity index (χ2n) is 2.41. The van der Waals surface area contributed by atoms with Crippen molar-refractivity contribution in [3.63, 3.8) is 0 Å². The fourth-order valence-electron chi connectivity index (χ4n) is 0.486. The van der Waals surface area contributed by atoms with E-state index in [1.54, 1.807) is 0 Å². The Morgan fingerprint density at radius 2 is 2.45 bits per heavy atom. The molecule has 62 valence electrons. The standard InChI is InChI=1S/C7H9FO3/c1-4(2)7(9)11-6(8)5-3-10-5/h5-6H,1,3H2,2H3. The van der Waals surface area contributed by atoms with Crippen LogP contribution in [0.1, 0.15) is 6.92 Å². The summed E-state index contributed by atoms with van der Waals surface area (Å²) < 4.78 is 21.5. The lowest BCUT2D eigenvalue weighted by Gasteiger charge is -2.05. The molecule has 1 fully saturated rings. The van der Waals surface area contributed by atoms with Crippen molar-refractivity contribution in [2.24, 2.45) is 0 Å². The van der Waals surface area contributed by atoms with E-state index in [0.717, 1.165) is 0 Å². The third kappa shape index (κ3) is 2.31. The van der Waals surface area contributed by atoms with Gasteiger partial charge in [0.25, 0.3) is 6.36 Å². The molecule has 2 atom stereocenters. The average molecular weight is 160 g/mol. The summed E-state index contributed by atoms with van der Waals surface area (Å²) in [5.74, 6) is -0.715. The Labute approximate surface area is 63.8 Å². The van der Waals surface area contributed by atoms with Crippen molar-refractivity contribution in [2.75, 3.05) is 6.61 Å². The lowest BCUT2D eigenvalue weighted by atomic mass is 10.4. The molecule has 0 saturated carbocycles. The number of hydrogen-bond acceptors (Lipinski definition) is 3. The van der Waals surface area contributed by atoms with Crippen molar-refractivity contribution in [3.05, 3.63) is 12.2 Å². The monoisotopic (exact) mass is 160 g/mol. The molecule has 0 spiro atoms. The molecular weight excluding hydrogens is 151 g/mol. The van der Waals surface area contributed by atoms with Crippen molar-refractivity contribution >= 4 is 5.97 Å². The summed E-state index contributed by atoms with van der Waals surface area (Å²) >= 11 is 0. The fraction of sp³-hybridized carbons (Fsp3) is 0.571. The average Bonchev–Trinajstić information content (AvgIpc) is 2.67. The van der Waals surface area contributed by atoms with Crippen LogP contribution in [0.4, 0.5) is 4.39 Å². The van der Waals surface area contributed by atoms with Gasteiger partial charge >= 0.3 is 5.97 Å². The van der Waals surface area contributed by atoms with E-state index < -0.39 is 18.4 Å². The minimum Gasteiger partial charge on any atom is -0.425 e. The maximum absolute atomic E-state index is 12.6. The predicted molar refractivity (Wildman–Crippen MR) is 35.5 cm³/mol. The molecule has 11 heavy (non-hydrogen) atoms. The number of carbonyl (C=O) groups is 1. The lowest BCUT2D eigenvalue weighted by molar-refractivity contribution is -0.154. The Bertz CT molecular complexity index is 186. The van der Waals surface area contributed by atoms with Gasteiger partial charge in [0.1, 0.15) is 6.10 Å². The molecular formula is C7H9FO3. The quantitative estimate of drug-likeness (QED) is 0.348. The van der Waals surface area contributed by atoms with Crippen molar-refractivity contribution in [1.82, 2.24) is 0 Å². The molecule has 0 aliphatic carbocycles. The Morgan fingerprint density at radius 1 is 1.91 bits per heavy atom. The van der Waals surface area contributed by atoms with Crippen molar-refractivity contribution in [2.45, 2.75) is 19.4 Å². The molecule has 1 heterocycles. The van der Waals surface area contributed by atoms with E-state index in [1.165, 1.54) is 6.92 Å². The van der Waals surface area contributed by atoms with E-state index in [0.29, 0.717) is 6.61 Å². The zero-order valence-electron chi connectivity index (χ0n) is 6.17. The third-order valence-corrected chi connectivity index (χ3v) is 1.22. The van der Waals surface area contributed by atoms with Crippen LogP contribution in [0.2, 0.25) is 0 Å². The minimum absolute atomic E-state index is 0.188. The number of alkyl halides is 1. The van der Waals surface area contributed by atoms with Crippen LogP contribution in [-0.2, 0) is 14.3 Å². The molecule has 0 amide bonds. The molecule has 0 aromatic carbocycles. The second-order valence-corrected chi connectivity index (χ2v) is 2.41. The number of carbonyl (C=O) groups excluding carboxylic acids is 1. The van der Waals surface area contributed by atoms with Gasteiger partial charge in [0.2, 0.25) is 0 Å². The summed E-state index contributed by atoms with van der Waals surface area (Å²) in [6.07, 6.45) is -2.20. The summed E-state index contributed by atoms with van der Waals surface area (Å²) in [6, 6.07) is 0. The van der Waals surface area contributed by atoms with E-state index in [1.807, 2.05) is 0 Å². The number of ether oxygens (including phenoxy) is 2. The molecule has 1 aliphatic heterocycles. The normalized spacial score (nSPS) is 24.0. The van der Waals surface area contributed by atoms with Crippen LogP contribution in [0.25, 0.3) is 0 Å². The molecule has 3 nitrogen and oxygen atoms in total. The molecule has 0 N–H and O–H groups in total. The summed E-state index contributed by atoms with van der Waals surface area (Å²) in [7, 11) is 0. The molecule has 4 heteroatoms. The van der Waals surface area contributed by atoms with E-state index in [4.69, 9.17) is 0 Å². The maximum atomic E-state index is 12.6. The van der Waals surface area contributed by atoms with Gasteiger partial charge in [-0.1, -0.05) is 6.58 Å².